The van der Waals surface area contributed by atoms with Crippen molar-refractivity contribution in [2.24, 2.45) is 0 Å². The van der Waals surface area contributed by atoms with Crippen molar-refractivity contribution in [1.82, 2.24) is 10.0 Å². The molecule has 0 saturated heterocycles. The van der Waals surface area contributed by atoms with Gasteiger partial charge in [0.25, 0.3) is 0 Å². The van der Waals surface area contributed by atoms with Crippen LogP contribution in [0.4, 0.5) is 13.2 Å². The van der Waals surface area contributed by atoms with Crippen LogP contribution in [0.15, 0.2) is 17.0 Å². The Hall–Kier alpha value is -1.12. The van der Waals surface area contributed by atoms with Crippen LogP contribution in [0, 0.1) is 17.5 Å². The summed E-state index contributed by atoms with van der Waals surface area (Å²) in [6.07, 6.45) is 0. The van der Waals surface area contributed by atoms with Crippen LogP contribution < -0.4 is 10.0 Å². The molecule has 0 spiro atoms. The third-order valence-corrected chi connectivity index (χ3v) is 3.55. The molecule has 4 nitrogen and oxygen atoms in total. The maximum atomic E-state index is 12.9. The monoisotopic (exact) mass is 282 g/mol. The van der Waals surface area contributed by atoms with Crippen LogP contribution in [0.3, 0.4) is 0 Å². The average Bonchev–Trinajstić information content (AvgIpc) is 2.31. The number of benzene rings is 1. The Morgan fingerprint density at radius 3 is 2.17 bits per heavy atom. The smallest absolute Gasteiger partial charge is 0.240 e. The van der Waals surface area contributed by atoms with Gasteiger partial charge in [0.15, 0.2) is 17.5 Å². The summed E-state index contributed by atoms with van der Waals surface area (Å²) in [4.78, 5) is -0.643. The molecular weight excluding hydrogens is 269 g/mol. The first-order valence-corrected chi connectivity index (χ1v) is 6.71. The molecule has 1 aromatic rings. The summed E-state index contributed by atoms with van der Waals surface area (Å²) in [7, 11) is -4.04. The molecule has 0 saturated carbocycles. The van der Waals surface area contributed by atoms with E-state index < -0.39 is 32.4 Å². The van der Waals surface area contributed by atoms with Gasteiger partial charge in [0, 0.05) is 13.1 Å². The topological polar surface area (TPSA) is 58.2 Å². The third-order valence-electron chi connectivity index (χ3n) is 2.11. The van der Waals surface area contributed by atoms with Crippen molar-refractivity contribution in [3.63, 3.8) is 0 Å². The highest BCUT2D eigenvalue weighted by Crippen LogP contribution is 2.17. The summed E-state index contributed by atoms with van der Waals surface area (Å²) < 4.78 is 63.8. The summed E-state index contributed by atoms with van der Waals surface area (Å²) in [5, 5.41) is 2.87. The Bertz CT molecular complexity index is 497. The molecule has 18 heavy (non-hydrogen) atoms. The van der Waals surface area contributed by atoms with Gasteiger partial charge in [0.05, 0.1) is 4.90 Å². The van der Waals surface area contributed by atoms with Gasteiger partial charge in [0.1, 0.15) is 0 Å². The Labute approximate surface area is 103 Å². The molecule has 0 bridgehead atoms. The zero-order valence-corrected chi connectivity index (χ0v) is 10.5. The van der Waals surface area contributed by atoms with Crippen LogP contribution in [0.5, 0.6) is 0 Å². The van der Waals surface area contributed by atoms with E-state index in [0.717, 1.165) is 0 Å². The predicted octanol–water partition coefficient (Wildman–Crippen LogP) is 0.992. The summed E-state index contributed by atoms with van der Waals surface area (Å²) >= 11 is 0. The van der Waals surface area contributed by atoms with E-state index in [1.54, 1.807) is 0 Å². The second-order valence-corrected chi connectivity index (χ2v) is 5.22. The van der Waals surface area contributed by atoms with E-state index in [4.69, 9.17) is 0 Å². The molecule has 0 radical (unpaired) electrons. The maximum Gasteiger partial charge on any atom is 0.240 e. The molecule has 1 aromatic carbocycles. The molecule has 0 aliphatic heterocycles. The highest BCUT2D eigenvalue weighted by Gasteiger charge is 2.19. The Morgan fingerprint density at radius 2 is 1.67 bits per heavy atom. The zero-order valence-electron chi connectivity index (χ0n) is 9.63. The fourth-order valence-electron chi connectivity index (χ4n) is 1.22. The highest BCUT2D eigenvalue weighted by atomic mass is 32.2. The van der Waals surface area contributed by atoms with E-state index in [0.29, 0.717) is 25.2 Å². The van der Waals surface area contributed by atoms with Crippen molar-refractivity contribution in [2.45, 2.75) is 11.8 Å². The molecule has 0 amide bonds. The number of halogens is 3. The van der Waals surface area contributed by atoms with Gasteiger partial charge in [-0.05, 0) is 18.7 Å². The van der Waals surface area contributed by atoms with Crippen molar-refractivity contribution in [3.05, 3.63) is 29.6 Å². The molecule has 0 atom stereocenters. The van der Waals surface area contributed by atoms with E-state index in [2.05, 4.69) is 10.0 Å². The van der Waals surface area contributed by atoms with Crippen molar-refractivity contribution in [1.29, 1.82) is 0 Å². The van der Waals surface area contributed by atoms with Crippen LogP contribution in [0.2, 0.25) is 0 Å². The molecule has 0 aliphatic carbocycles. The van der Waals surface area contributed by atoms with Gasteiger partial charge in [-0.15, -0.1) is 0 Å². The van der Waals surface area contributed by atoms with Gasteiger partial charge in [-0.1, -0.05) is 6.92 Å². The average molecular weight is 282 g/mol. The lowest BCUT2D eigenvalue weighted by Crippen LogP contribution is -2.32. The number of nitrogens with one attached hydrogen (secondary N) is 2. The molecule has 0 aromatic heterocycles. The normalized spacial score (nSPS) is 11.8. The fraction of sp³-hybridized carbons (Fsp3) is 0.400. The van der Waals surface area contributed by atoms with Gasteiger partial charge >= 0.3 is 0 Å². The van der Waals surface area contributed by atoms with Crippen molar-refractivity contribution in [3.8, 4) is 0 Å². The van der Waals surface area contributed by atoms with Gasteiger partial charge in [-0.2, -0.15) is 0 Å². The first-order chi connectivity index (χ1) is 8.38. The number of rotatable bonds is 6. The van der Waals surface area contributed by atoms with Gasteiger partial charge in [-0.25, -0.2) is 26.3 Å². The van der Waals surface area contributed by atoms with Crippen LogP contribution in [-0.2, 0) is 10.0 Å². The molecule has 0 unspecified atom stereocenters. The van der Waals surface area contributed by atoms with E-state index in [9.17, 15) is 21.6 Å². The Morgan fingerprint density at radius 1 is 1.11 bits per heavy atom. The summed E-state index contributed by atoms with van der Waals surface area (Å²) in [5.74, 6) is -4.77. The first-order valence-electron chi connectivity index (χ1n) is 5.23. The molecule has 1 rings (SSSR count). The summed E-state index contributed by atoms with van der Waals surface area (Å²) in [5.41, 5.74) is 0. The number of sulfonamides is 1. The van der Waals surface area contributed by atoms with Crippen molar-refractivity contribution in [2.75, 3.05) is 19.6 Å². The van der Waals surface area contributed by atoms with Crippen molar-refractivity contribution < 1.29 is 21.6 Å². The standard InChI is InChI=1S/C10H13F3N2O2S/c1-2-14-3-4-15-18(16,17)7-5-8(11)10(13)9(12)6-7/h5-6,14-15H,2-4H2,1H3. The maximum absolute atomic E-state index is 12.9. The molecule has 0 aliphatic rings. The Kier molecular flexibility index (Phi) is 5.12. The van der Waals surface area contributed by atoms with E-state index in [1.165, 1.54) is 0 Å². The molecule has 2 N–H and O–H groups in total. The van der Waals surface area contributed by atoms with Gasteiger partial charge in [-0.3, -0.25) is 0 Å². The van der Waals surface area contributed by atoms with Crippen LogP contribution in [0.1, 0.15) is 6.92 Å². The fourth-order valence-corrected chi connectivity index (χ4v) is 2.28. The van der Waals surface area contributed by atoms with Crippen LogP contribution in [0.25, 0.3) is 0 Å². The molecule has 102 valence electrons. The van der Waals surface area contributed by atoms with Gasteiger partial charge < -0.3 is 5.32 Å². The van der Waals surface area contributed by atoms with E-state index in [1.807, 2.05) is 6.92 Å². The lowest BCUT2D eigenvalue weighted by Gasteiger charge is -2.07. The lowest BCUT2D eigenvalue weighted by atomic mass is 10.3. The van der Waals surface area contributed by atoms with E-state index in [-0.39, 0.29) is 6.54 Å². The van der Waals surface area contributed by atoms with Gasteiger partial charge in [0.2, 0.25) is 10.0 Å². The minimum absolute atomic E-state index is 0.0663. The second-order valence-electron chi connectivity index (χ2n) is 3.45. The van der Waals surface area contributed by atoms with Crippen LogP contribution >= 0.6 is 0 Å². The summed E-state index contributed by atoms with van der Waals surface area (Å²) in [6, 6.07) is 0.877. The summed E-state index contributed by atoms with van der Waals surface area (Å²) in [6.45, 7) is 2.96. The number of likely N-dealkylation sites (N-methyl/N-ethyl adjacent to an activating group) is 1. The Balaban J connectivity index is 2.85. The minimum atomic E-state index is -4.04. The van der Waals surface area contributed by atoms with Crippen LogP contribution in [-0.4, -0.2) is 28.1 Å². The number of hydrogen-bond donors (Lipinski definition) is 2. The molecule has 0 heterocycles. The minimum Gasteiger partial charge on any atom is -0.316 e. The predicted molar refractivity (Wildman–Crippen MR) is 60.0 cm³/mol. The van der Waals surface area contributed by atoms with E-state index >= 15 is 0 Å². The first kappa shape index (κ1) is 14.9. The quantitative estimate of drug-likeness (QED) is 0.604. The molecule has 8 heteroatoms. The lowest BCUT2D eigenvalue weighted by molar-refractivity contribution is 0.442. The third kappa shape index (κ3) is 3.69. The highest BCUT2D eigenvalue weighted by molar-refractivity contribution is 7.89. The molecular formula is C10H13F3N2O2S. The largest absolute Gasteiger partial charge is 0.316 e. The number of hydrogen-bond acceptors (Lipinski definition) is 3. The zero-order chi connectivity index (χ0) is 13.8. The van der Waals surface area contributed by atoms with Crippen molar-refractivity contribution >= 4 is 10.0 Å². The molecule has 0 fully saturated rings. The SMILES string of the molecule is CCNCCNS(=O)(=O)c1cc(F)c(F)c(F)c1. The second kappa shape index (κ2) is 6.17.